The van der Waals surface area contributed by atoms with Crippen LogP contribution in [-0.2, 0) is 0 Å². The molecule has 128 valence electrons. The van der Waals surface area contributed by atoms with Gasteiger partial charge in [0.05, 0.1) is 18.0 Å². The third kappa shape index (κ3) is 2.06. The summed E-state index contributed by atoms with van der Waals surface area (Å²) in [4.78, 5) is 13.5. The van der Waals surface area contributed by atoms with Crippen molar-refractivity contribution in [1.82, 2.24) is 4.48 Å². The Kier molecular flexibility index (Phi) is 3.86. The van der Waals surface area contributed by atoms with Crippen LogP contribution in [0.3, 0.4) is 0 Å². The highest BCUT2D eigenvalue weighted by molar-refractivity contribution is 6.28. The van der Waals surface area contributed by atoms with Gasteiger partial charge in [0.25, 0.3) is 0 Å². The zero-order valence-corrected chi connectivity index (χ0v) is 15.4. The molecule has 1 atom stereocenters. The van der Waals surface area contributed by atoms with E-state index in [1.807, 2.05) is 69.4 Å². The minimum Gasteiger partial charge on any atom is -0.225 e. The maximum absolute atomic E-state index is 13.5. The number of amides is 1. The molecule has 4 aromatic rings. The van der Waals surface area contributed by atoms with E-state index in [1.165, 1.54) is 10.8 Å². The number of hydrogen-bond donors (Lipinski definition) is 0. The van der Waals surface area contributed by atoms with Crippen LogP contribution in [0, 0.1) is 0 Å². The third-order valence-electron chi connectivity index (χ3n) is 5.25. The Morgan fingerprint density at radius 2 is 1.27 bits per heavy atom. The van der Waals surface area contributed by atoms with Gasteiger partial charge in [-0.1, -0.05) is 68.4 Å². The monoisotopic (exact) mass is 340 g/mol. The van der Waals surface area contributed by atoms with Gasteiger partial charge in [0.15, 0.2) is 5.69 Å². The summed E-state index contributed by atoms with van der Waals surface area (Å²) in [7, 11) is 2.00. The summed E-state index contributed by atoms with van der Waals surface area (Å²) in [6.07, 6.45) is 0. The fourth-order valence-electron chi connectivity index (χ4n) is 4.02. The minimum absolute atomic E-state index is 0.123. The second-order valence-electron chi connectivity index (χ2n) is 6.49. The molecule has 1 aliphatic heterocycles. The first kappa shape index (κ1) is 16.5. The molecular weight excluding hydrogens is 318 g/mol. The van der Waals surface area contributed by atoms with Crippen molar-refractivity contribution < 1.29 is 4.79 Å². The molecule has 0 spiro atoms. The van der Waals surface area contributed by atoms with E-state index < -0.39 is 0 Å². The smallest absolute Gasteiger partial charge is 0.225 e. The number of carbonyl (C=O) groups excluding carboxylic acids is 1. The standard InChI is InChI=1S/C22H16NO.C2H6/c1-23(17-9-3-2-4-10-17)19-12-6-8-16-14-13-15-7-5-11-18(22(23)24)20(15)21(16)19;1-2/h2-14H,1H3;1-2H3/q+1;. The first-order valence-electron chi connectivity index (χ1n) is 9.13. The number of para-hydroxylation sites is 1. The Morgan fingerprint density at radius 3 is 1.96 bits per heavy atom. The lowest BCUT2D eigenvalue weighted by atomic mass is 9.90. The largest absolute Gasteiger partial charge is 0.356 e. The van der Waals surface area contributed by atoms with E-state index >= 15 is 0 Å². The second-order valence-corrected chi connectivity index (χ2v) is 6.49. The number of nitrogens with zero attached hydrogens (tertiary/aromatic N) is 1. The van der Waals surface area contributed by atoms with Gasteiger partial charge in [-0.25, -0.2) is 4.79 Å². The molecule has 5 rings (SSSR count). The van der Waals surface area contributed by atoms with Crippen molar-refractivity contribution in [2.75, 3.05) is 7.05 Å². The topological polar surface area (TPSA) is 17.1 Å². The summed E-state index contributed by atoms with van der Waals surface area (Å²) in [5, 5.41) is 4.58. The van der Waals surface area contributed by atoms with Crippen molar-refractivity contribution in [3.63, 3.8) is 0 Å². The van der Waals surface area contributed by atoms with Gasteiger partial charge in [-0.2, -0.15) is 4.48 Å². The Bertz CT molecular complexity index is 1130. The van der Waals surface area contributed by atoms with Gasteiger partial charge in [-0.15, -0.1) is 0 Å². The molecule has 1 unspecified atom stereocenters. The van der Waals surface area contributed by atoms with Gasteiger partial charge in [0.1, 0.15) is 5.69 Å². The molecule has 2 heteroatoms. The Labute approximate surface area is 153 Å². The van der Waals surface area contributed by atoms with Crippen LogP contribution in [0.2, 0.25) is 0 Å². The molecule has 1 heterocycles. The Balaban J connectivity index is 0.000000814. The molecule has 1 aliphatic rings. The van der Waals surface area contributed by atoms with Crippen LogP contribution in [0.15, 0.2) is 78.9 Å². The molecule has 0 aromatic heterocycles. The van der Waals surface area contributed by atoms with Crippen LogP contribution in [-0.4, -0.2) is 13.0 Å². The van der Waals surface area contributed by atoms with E-state index in [-0.39, 0.29) is 10.4 Å². The lowest BCUT2D eigenvalue weighted by Crippen LogP contribution is -2.47. The lowest BCUT2D eigenvalue weighted by Gasteiger charge is -2.35. The second kappa shape index (κ2) is 6.08. The van der Waals surface area contributed by atoms with E-state index in [0.717, 1.165) is 27.7 Å². The van der Waals surface area contributed by atoms with Gasteiger partial charge in [-0.3, -0.25) is 0 Å². The maximum atomic E-state index is 13.5. The predicted octanol–water partition coefficient (Wildman–Crippen LogP) is 6.44. The fourth-order valence-corrected chi connectivity index (χ4v) is 4.02. The number of rotatable bonds is 1. The van der Waals surface area contributed by atoms with Gasteiger partial charge < -0.3 is 0 Å². The zero-order valence-electron chi connectivity index (χ0n) is 15.4. The van der Waals surface area contributed by atoms with Crippen molar-refractivity contribution in [3.8, 4) is 0 Å². The van der Waals surface area contributed by atoms with Crippen molar-refractivity contribution in [2.24, 2.45) is 0 Å². The van der Waals surface area contributed by atoms with Crippen molar-refractivity contribution >= 4 is 38.8 Å². The van der Waals surface area contributed by atoms with E-state index in [1.54, 1.807) is 0 Å². The van der Waals surface area contributed by atoms with Crippen LogP contribution in [0.25, 0.3) is 21.5 Å². The molecule has 0 bridgehead atoms. The van der Waals surface area contributed by atoms with Crippen LogP contribution >= 0.6 is 0 Å². The van der Waals surface area contributed by atoms with Crippen molar-refractivity contribution in [1.29, 1.82) is 0 Å². The molecule has 2 nitrogen and oxygen atoms in total. The maximum Gasteiger partial charge on any atom is 0.356 e. The molecule has 0 fully saturated rings. The molecule has 1 amide bonds. The summed E-state index contributed by atoms with van der Waals surface area (Å²) in [6.45, 7) is 4.00. The van der Waals surface area contributed by atoms with Gasteiger partial charge in [-0.05, 0) is 16.8 Å². The number of benzene rings is 4. The van der Waals surface area contributed by atoms with Crippen LogP contribution in [0.1, 0.15) is 24.2 Å². The lowest BCUT2D eigenvalue weighted by molar-refractivity contribution is 0.0861. The zero-order chi connectivity index (χ0) is 18.3. The highest BCUT2D eigenvalue weighted by Crippen LogP contribution is 2.46. The van der Waals surface area contributed by atoms with E-state index in [9.17, 15) is 4.79 Å². The van der Waals surface area contributed by atoms with Crippen molar-refractivity contribution in [2.45, 2.75) is 13.8 Å². The Morgan fingerprint density at radius 1 is 0.654 bits per heavy atom. The number of carbonyl (C=O) groups is 1. The first-order chi connectivity index (χ1) is 12.7. The van der Waals surface area contributed by atoms with Gasteiger partial charge >= 0.3 is 5.91 Å². The van der Waals surface area contributed by atoms with Gasteiger partial charge in [0.2, 0.25) is 0 Å². The molecule has 0 N–H and O–H groups in total. The number of hydrogen-bond acceptors (Lipinski definition) is 1. The first-order valence-corrected chi connectivity index (χ1v) is 9.13. The highest BCUT2D eigenvalue weighted by atomic mass is 16.2. The van der Waals surface area contributed by atoms with E-state index in [0.29, 0.717) is 0 Å². The average molecular weight is 340 g/mol. The Hall–Kier alpha value is -2.97. The molecule has 0 saturated carbocycles. The van der Waals surface area contributed by atoms with Gasteiger partial charge in [0, 0.05) is 23.6 Å². The molecule has 4 aromatic carbocycles. The quantitative estimate of drug-likeness (QED) is 0.288. The molecular formula is C24H22NO+. The number of quaternary nitrogens is 1. The van der Waals surface area contributed by atoms with Crippen LogP contribution in [0.5, 0.6) is 0 Å². The van der Waals surface area contributed by atoms with Crippen molar-refractivity contribution in [3.05, 3.63) is 84.4 Å². The van der Waals surface area contributed by atoms with E-state index in [4.69, 9.17) is 0 Å². The molecule has 26 heavy (non-hydrogen) atoms. The molecule has 0 aliphatic carbocycles. The predicted molar refractivity (Wildman–Crippen MR) is 111 cm³/mol. The summed E-state index contributed by atoms with van der Waals surface area (Å²) in [5.74, 6) is 0.123. The normalized spacial score (nSPS) is 18.0. The average Bonchev–Trinajstić information content (AvgIpc) is 2.73. The summed E-state index contributed by atoms with van der Waals surface area (Å²) in [5.41, 5.74) is 2.85. The summed E-state index contributed by atoms with van der Waals surface area (Å²) < 4.78 is 0.175. The minimum atomic E-state index is 0.123. The van der Waals surface area contributed by atoms with Crippen LogP contribution < -0.4 is 4.48 Å². The third-order valence-corrected chi connectivity index (χ3v) is 5.25. The van der Waals surface area contributed by atoms with Crippen LogP contribution in [0.4, 0.5) is 11.4 Å². The SMILES string of the molecule is CC.C[N+]1(c2ccccc2)C(=O)c2cccc3ccc4cccc1c4c23. The highest BCUT2D eigenvalue weighted by Gasteiger charge is 2.43. The fraction of sp³-hybridized carbons (Fsp3) is 0.125. The van der Waals surface area contributed by atoms with E-state index in [2.05, 4.69) is 30.3 Å². The molecule has 0 saturated heterocycles. The molecule has 0 radical (unpaired) electrons. The summed E-state index contributed by atoms with van der Waals surface area (Å²) >= 11 is 0. The summed E-state index contributed by atoms with van der Waals surface area (Å²) in [6, 6.07) is 26.6.